The zero-order valence-electron chi connectivity index (χ0n) is 16.9. The topological polar surface area (TPSA) is 91.6 Å². The molecule has 0 saturated heterocycles. The van der Waals surface area contributed by atoms with E-state index in [0.29, 0.717) is 6.54 Å². The molecule has 1 aromatic heterocycles. The van der Waals surface area contributed by atoms with Gasteiger partial charge >= 0.3 is 0 Å². The molecule has 1 aliphatic rings. The minimum atomic E-state index is 0. The first-order valence-corrected chi connectivity index (χ1v) is 9.81. The van der Waals surface area contributed by atoms with Crippen LogP contribution in [0.15, 0.2) is 15.6 Å². The zero-order valence-corrected chi connectivity index (χ0v) is 19.2. The lowest BCUT2D eigenvalue weighted by atomic mass is 9.85. The second-order valence-electron chi connectivity index (χ2n) is 7.20. The summed E-state index contributed by atoms with van der Waals surface area (Å²) in [7, 11) is 0. The second kappa shape index (κ2) is 12.2. The Labute approximate surface area is 179 Å². The molecule has 1 aliphatic carbocycles. The van der Waals surface area contributed by atoms with Crippen LogP contribution in [0.4, 0.5) is 0 Å². The van der Waals surface area contributed by atoms with Crippen LogP contribution in [0.5, 0.6) is 0 Å². The molecule has 2 rings (SSSR count). The molecule has 0 radical (unpaired) electrons. The Balaban J connectivity index is 0.00000364. The number of hydrogen-bond acceptors (Lipinski definition) is 4. The Morgan fingerprint density at radius 2 is 2.15 bits per heavy atom. The van der Waals surface area contributed by atoms with Crippen molar-refractivity contribution < 1.29 is 9.32 Å². The third-order valence-corrected chi connectivity index (χ3v) is 4.52. The number of aromatic nitrogens is 1. The molecular formula is C19H34IN5O2. The third-order valence-electron chi connectivity index (χ3n) is 4.52. The van der Waals surface area contributed by atoms with Gasteiger partial charge in [-0.25, -0.2) is 4.99 Å². The van der Waals surface area contributed by atoms with Crippen molar-refractivity contribution in [3.63, 3.8) is 0 Å². The van der Waals surface area contributed by atoms with Gasteiger partial charge in [-0.15, -0.1) is 24.0 Å². The monoisotopic (exact) mass is 491 g/mol. The molecule has 1 heterocycles. The van der Waals surface area contributed by atoms with E-state index in [1.54, 1.807) is 0 Å². The summed E-state index contributed by atoms with van der Waals surface area (Å²) in [5.41, 5.74) is 0.944. The highest BCUT2D eigenvalue weighted by molar-refractivity contribution is 14.0. The molecule has 2 atom stereocenters. The molecular weight excluding hydrogens is 457 g/mol. The SMILES string of the molecule is CCNC(=NCc1cc(CC)no1)NC1CCCC(C(=O)NC(C)C)C1.I. The first kappa shape index (κ1) is 23.7. The Morgan fingerprint density at radius 1 is 1.37 bits per heavy atom. The molecule has 0 aliphatic heterocycles. The predicted octanol–water partition coefficient (Wildman–Crippen LogP) is 2.99. The number of halogens is 1. The average molecular weight is 491 g/mol. The lowest BCUT2D eigenvalue weighted by Crippen LogP contribution is -2.47. The lowest BCUT2D eigenvalue weighted by molar-refractivity contribution is -0.126. The highest BCUT2D eigenvalue weighted by Crippen LogP contribution is 2.24. The van der Waals surface area contributed by atoms with Crippen LogP contribution in [-0.4, -0.2) is 35.7 Å². The summed E-state index contributed by atoms with van der Waals surface area (Å²) in [6.07, 6.45) is 4.76. The number of amides is 1. The van der Waals surface area contributed by atoms with E-state index in [-0.39, 0.29) is 47.9 Å². The molecule has 0 spiro atoms. The summed E-state index contributed by atoms with van der Waals surface area (Å²) < 4.78 is 5.29. The summed E-state index contributed by atoms with van der Waals surface area (Å²) in [6, 6.07) is 2.38. The highest BCUT2D eigenvalue weighted by Gasteiger charge is 2.28. The minimum Gasteiger partial charge on any atom is -0.359 e. The van der Waals surface area contributed by atoms with Crippen molar-refractivity contribution in [2.45, 2.75) is 78.4 Å². The summed E-state index contributed by atoms with van der Waals surface area (Å²) >= 11 is 0. The van der Waals surface area contributed by atoms with Gasteiger partial charge < -0.3 is 20.5 Å². The van der Waals surface area contributed by atoms with E-state index in [0.717, 1.165) is 56.1 Å². The van der Waals surface area contributed by atoms with Crippen LogP contribution in [-0.2, 0) is 17.8 Å². The van der Waals surface area contributed by atoms with Gasteiger partial charge in [-0.05, 0) is 46.5 Å². The number of hydrogen-bond donors (Lipinski definition) is 3. The molecule has 3 N–H and O–H groups in total. The predicted molar refractivity (Wildman–Crippen MR) is 118 cm³/mol. The smallest absolute Gasteiger partial charge is 0.223 e. The van der Waals surface area contributed by atoms with E-state index in [1.807, 2.05) is 33.8 Å². The third kappa shape index (κ3) is 8.06. The second-order valence-corrected chi connectivity index (χ2v) is 7.20. The van der Waals surface area contributed by atoms with E-state index in [2.05, 4.69) is 26.1 Å². The molecule has 1 aromatic rings. The number of rotatable bonds is 7. The largest absolute Gasteiger partial charge is 0.359 e. The number of aliphatic imine (C=N–C) groups is 1. The highest BCUT2D eigenvalue weighted by atomic mass is 127. The Bertz CT molecular complexity index is 603. The van der Waals surface area contributed by atoms with Crippen molar-refractivity contribution in [3.8, 4) is 0 Å². The number of carbonyl (C=O) groups excluding carboxylic acids is 1. The number of nitrogens with zero attached hydrogens (tertiary/aromatic N) is 2. The normalized spacial score (nSPS) is 20.1. The van der Waals surface area contributed by atoms with E-state index in [9.17, 15) is 4.79 Å². The summed E-state index contributed by atoms with van der Waals surface area (Å²) in [6.45, 7) is 9.32. The number of nitrogens with one attached hydrogen (secondary N) is 3. The van der Waals surface area contributed by atoms with Gasteiger partial charge in [0.1, 0.15) is 6.54 Å². The van der Waals surface area contributed by atoms with Crippen molar-refractivity contribution in [2.24, 2.45) is 10.9 Å². The van der Waals surface area contributed by atoms with Crippen LogP contribution < -0.4 is 16.0 Å². The fraction of sp³-hybridized carbons (Fsp3) is 0.737. The summed E-state index contributed by atoms with van der Waals surface area (Å²) in [5, 5.41) is 13.8. The maximum atomic E-state index is 12.3. The van der Waals surface area contributed by atoms with Crippen molar-refractivity contribution in [1.82, 2.24) is 21.1 Å². The van der Waals surface area contributed by atoms with Crippen molar-refractivity contribution in [1.29, 1.82) is 0 Å². The van der Waals surface area contributed by atoms with Gasteiger partial charge in [0.15, 0.2) is 11.7 Å². The van der Waals surface area contributed by atoms with Crippen LogP contribution in [0, 0.1) is 5.92 Å². The van der Waals surface area contributed by atoms with E-state index in [4.69, 9.17) is 4.52 Å². The minimum absolute atomic E-state index is 0. The average Bonchev–Trinajstić information content (AvgIpc) is 3.08. The van der Waals surface area contributed by atoms with Crippen molar-refractivity contribution >= 4 is 35.8 Å². The molecule has 0 bridgehead atoms. The van der Waals surface area contributed by atoms with Crippen LogP contribution in [0.2, 0.25) is 0 Å². The molecule has 8 heteroatoms. The van der Waals surface area contributed by atoms with Gasteiger partial charge in [-0.3, -0.25) is 4.79 Å². The number of aryl methyl sites for hydroxylation is 1. The van der Waals surface area contributed by atoms with Gasteiger partial charge in [0.2, 0.25) is 5.91 Å². The van der Waals surface area contributed by atoms with E-state index < -0.39 is 0 Å². The Hall–Kier alpha value is -1.32. The van der Waals surface area contributed by atoms with Crippen LogP contribution in [0.25, 0.3) is 0 Å². The number of guanidine groups is 1. The molecule has 0 aromatic carbocycles. The van der Waals surface area contributed by atoms with Crippen LogP contribution in [0.3, 0.4) is 0 Å². The summed E-state index contributed by atoms with van der Waals surface area (Å²) in [5.74, 6) is 1.77. The van der Waals surface area contributed by atoms with Gasteiger partial charge in [0.25, 0.3) is 0 Å². The maximum Gasteiger partial charge on any atom is 0.223 e. The molecule has 154 valence electrons. The van der Waals surface area contributed by atoms with Gasteiger partial charge in [0.05, 0.1) is 5.69 Å². The molecule has 27 heavy (non-hydrogen) atoms. The fourth-order valence-corrected chi connectivity index (χ4v) is 3.23. The van der Waals surface area contributed by atoms with E-state index >= 15 is 0 Å². The molecule has 7 nitrogen and oxygen atoms in total. The van der Waals surface area contributed by atoms with Gasteiger partial charge in [-0.1, -0.05) is 18.5 Å². The quantitative estimate of drug-likeness (QED) is 0.310. The molecule has 1 saturated carbocycles. The fourth-order valence-electron chi connectivity index (χ4n) is 3.23. The molecule has 1 fully saturated rings. The first-order valence-electron chi connectivity index (χ1n) is 9.81. The van der Waals surface area contributed by atoms with Gasteiger partial charge in [0, 0.05) is 30.6 Å². The van der Waals surface area contributed by atoms with Crippen LogP contribution in [0.1, 0.15) is 64.8 Å². The Morgan fingerprint density at radius 3 is 2.78 bits per heavy atom. The lowest BCUT2D eigenvalue weighted by Gasteiger charge is -2.30. The molecule has 2 unspecified atom stereocenters. The van der Waals surface area contributed by atoms with E-state index in [1.165, 1.54) is 0 Å². The Kier molecular flexibility index (Phi) is 10.7. The zero-order chi connectivity index (χ0) is 18.9. The maximum absolute atomic E-state index is 12.3. The van der Waals surface area contributed by atoms with Gasteiger partial charge in [-0.2, -0.15) is 0 Å². The van der Waals surface area contributed by atoms with Crippen LogP contribution >= 0.6 is 24.0 Å². The van der Waals surface area contributed by atoms with Crippen molar-refractivity contribution in [2.75, 3.05) is 6.54 Å². The first-order chi connectivity index (χ1) is 12.5. The summed E-state index contributed by atoms with van der Waals surface area (Å²) in [4.78, 5) is 16.9. The molecule has 1 amide bonds. The number of carbonyl (C=O) groups is 1. The van der Waals surface area contributed by atoms with Crippen molar-refractivity contribution in [3.05, 3.63) is 17.5 Å². The standard InChI is InChI=1S/C19H33N5O2.HI/c1-5-15-11-17(26-24-15)12-21-19(20-6-2)23-16-9-7-8-14(10-16)18(25)22-13(3)4;/h11,13-14,16H,5-10,12H2,1-4H3,(H,22,25)(H2,20,21,23);1H.